The van der Waals surface area contributed by atoms with Crippen molar-refractivity contribution in [2.75, 3.05) is 6.61 Å². The maximum absolute atomic E-state index is 12.4. The second-order valence-corrected chi connectivity index (χ2v) is 7.97. The normalized spacial score (nSPS) is 10.3. The van der Waals surface area contributed by atoms with Crippen LogP contribution < -0.4 is 25.1 Å². The van der Waals surface area contributed by atoms with Crippen LogP contribution in [-0.2, 0) is 13.2 Å². The van der Waals surface area contributed by atoms with E-state index in [4.69, 9.17) is 14.2 Å². The lowest BCUT2D eigenvalue weighted by molar-refractivity contribution is 0.0846. The third-order valence-electron chi connectivity index (χ3n) is 5.29. The minimum absolute atomic E-state index is 0.356. The van der Waals surface area contributed by atoms with E-state index in [1.807, 2.05) is 43.3 Å². The topological polar surface area (TPSA) is 98.8 Å². The van der Waals surface area contributed by atoms with Gasteiger partial charge in [-0.15, -0.1) is 0 Å². The second-order valence-electron chi connectivity index (χ2n) is 7.97. The number of carbonyl (C=O) groups is 2. The van der Waals surface area contributed by atoms with Gasteiger partial charge in [-0.3, -0.25) is 25.4 Å². The number of hydrazine groups is 1. The number of nitrogens with one attached hydrogen (secondary N) is 2. The maximum Gasteiger partial charge on any atom is 0.269 e. The van der Waals surface area contributed by atoms with E-state index in [2.05, 4.69) is 15.8 Å². The van der Waals surface area contributed by atoms with Crippen molar-refractivity contribution >= 4 is 11.8 Å². The molecule has 1 heterocycles. The smallest absolute Gasteiger partial charge is 0.269 e. The molecule has 8 nitrogen and oxygen atoms in total. The highest BCUT2D eigenvalue weighted by Gasteiger charge is 2.10. The molecule has 0 saturated heterocycles. The molecule has 0 atom stereocenters. The SMILES string of the molecule is CCOc1ccc(OCc2ccc(C(=O)NNC(=O)c3ccc(OCc4cccnc4)cc3)cc2)cc1. The van der Waals surface area contributed by atoms with Gasteiger partial charge < -0.3 is 14.2 Å². The third-order valence-corrected chi connectivity index (χ3v) is 5.29. The van der Waals surface area contributed by atoms with E-state index in [9.17, 15) is 9.59 Å². The number of aromatic nitrogens is 1. The van der Waals surface area contributed by atoms with Crippen LogP contribution in [0, 0.1) is 0 Å². The molecule has 0 aliphatic rings. The first-order valence-corrected chi connectivity index (χ1v) is 11.8. The summed E-state index contributed by atoms with van der Waals surface area (Å²) in [6.07, 6.45) is 3.43. The lowest BCUT2D eigenvalue weighted by Gasteiger charge is -2.10. The van der Waals surface area contributed by atoms with Crippen LogP contribution in [0.5, 0.6) is 17.2 Å². The number of carbonyl (C=O) groups excluding carboxylic acids is 2. The summed E-state index contributed by atoms with van der Waals surface area (Å²) < 4.78 is 16.9. The van der Waals surface area contributed by atoms with Crippen LogP contribution in [0.15, 0.2) is 97.3 Å². The van der Waals surface area contributed by atoms with Crippen LogP contribution in [0.25, 0.3) is 0 Å². The van der Waals surface area contributed by atoms with Crippen molar-refractivity contribution in [3.63, 3.8) is 0 Å². The van der Waals surface area contributed by atoms with Gasteiger partial charge in [-0.1, -0.05) is 18.2 Å². The fraction of sp³-hybridized carbons (Fsp3) is 0.138. The molecule has 0 radical (unpaired) electrons. The van der Waals surface area contributed by atoms with Gasteiger partial charge in [-0.25, -0.2) is 0 Å². The molecule has 3 aromatic carbocycles. The molecule has 2 amide bonds. The second kappa shape index (κ2) is 12.7. The highest BCUT2D eigenvalue weighted by atomic mass is 16.5. The van der Waals surface area contributed by atoms with Gasteiger partial charge in [0, 0.05) is 29.1 Å². The predicted octanol–water partition coefficient (Wildman–Crippen LogP) is 4.71. The van der Waals surface area contributed by atoms with Gasteiger partial charge in [0.15, 0.2) is 0 Å². The van der Waals surface area contributed by atoms with E-state index >= 15 is 0 Å². The van der Waals surface area contributed by atoms with E-state index in [1.54, 1.807) is 60.9 Å². The van der Waals surface area contributed by atoms with Gasteiger partial charge in [-0.05, 0) is 79.2 Å². The Labute approximate surface area is 215 Å². The van der Waals surface area contributed by atoms with Gasteiger partial charge in [-0.2, -0.15) is 0 Å². The van der Waals surface area contributed by atoms with E-state index < -0.39 is 11.8 Å². The molecule has 2 N–H and O–H groups in total. The number of hydrogen-bond donors (Lipinski definition) is 2. The van der Waals surface area contributed by atoms with E-state index in [1.165, 1.54) is 0 Å². The maximum atomic E-state index is 12.4. The summed E-state index contributed by atoms with van der Waals surface area (Å²) in [5.41, 5.74) is 7.50. The average molecular weight is 498 g/mol. The predicted molar refractivity (Wildman–Crippen MR) is 138 cm³/mol. The van der Waals surface area contributed by atoms with Crippen molar-refractivity contribution in [3.05, 3.63) is 120 Å². The number of rotatable bonds is 10. The Bertz CT molecular complexity index is 1290. The van der Waals surface area contributed by atoms with Crippen LogP contribution >= 0.6 is 0 Å². The number of nitrogens with zero attached hydrogens (tertiary/aromatic N) is 1. The van der Waals surface area contributed by atoms with Crippen molar-refractivity contribution in [1.82, 2.24) is 15.8 Å². The molecule has 0 unspecified atom stereocenters. The van der Waals surface area contributed by atoms with Crippen molar-refractivity contribution in [1.29, 1.82) is 0 Å². The number of amides is 2. The molecule has 0 spiro atoms. The molecule has 0 fully saturated rings. The first-order chi connectivity index (χ1) is 18.1. The molecule has 8 heteroatoms. The van der Waals surface area contributed by atoms with Crippen LogP contribution in [0.2, 0.25) is 0 Å². The number of hydrogen-bond acceptors (Lipinski definition) is 6. The van der Waals surface area contributed by atoms with E-state index in [0.29, 0.717) is 36.7 Å². The van der Waals surface area contributed by atoms with Crippen molar-refractivity contribution in [2.45, 2.75) is 20.1 Å². The summed E-state index contributed by atoms with van der Waals surface area (Å²) >= 11 is 0. The molecule has 37 heavy (non-hydrogen) atoms. The molecular formula is C29H27N3O5. The zero-order valence-corrected chi connectivity index (χ0v) is 20.3. The lowest BCUT2D eigenvalue weighted by atomic mass is 10.1. The summed E-state index contributed by atoms with van der Waals surface area (Å²) in [7, 11) is 0. The molecule has 4 rings (SSSR count). The van der Waals surface area contributed by atoms with E-state index in [0.717, 1.165) is 22.6 Å². The minimum Gasteiger partial charge on any atom is -0.494 e. The third kappa shape index (κ3) is 7.57. The standard InChI is InChI=1S/C29H27N3O5/c1-2-35-25-13-15-27(16-14-25)36-19-21-5-7-23(8-6-21)28(33)31-32-29(34)24-9-11-26(12-10-24)37-20-22-4-3-17-30-18-22/h3-18H,2,19-20H2,1H3,(H,31,33)(H,32,34). The fourth-order valence-electron chi connectivity index (χ4n) is 3.33. The Hall–Kier alpha value is -4.85. The molecular weight excluding hydrogens is 470 g/mol. The molecule has 0 aliphatic heterocycles. The Morgan fingerprint density at radius 3 is 1.65 bits per heavy atom. The Balaban J connectivity index is 1.21. The van der Waals surface area contributed by atoms with Crippen LogP contribution in [0.4, 0.5) is 0 Å². The van der Waals surface area contributed by atoms with Crippen LogP contribution in [0.3, 0.4) is 0 Å². The summed E-state index contributed by atoms with van der Waals surface area (Å²) in [6.45, 7) is 3.28. The quantitative estimate of drug-likeness (QED) is 0.308. The lowest BCUT2D eigenvalue weighted by Crippen LogP contribution is -2.41. The van der Waals surface area contributed by atoms with Gasteiger partial charge in [0.2, 0.25) is 0 Å². The van der Waals surface area contributed by atoms with Gasteiger partial charge in [0.25, 0.3) is 11.8 Å². The van der Waals surface area contributed by atoms with Crippen LogP contribution in [0.1, 0.15) is 38.8 Å². The average Bonchev–Trinajstić information content (AvgIpc) is 2.95. The summed E-state index contributed by atoms with van der Waals surface area (Å²) in [6, 6.07) is 24.7. The van der Waals surface area contributed by atoms with Crippen LogP contribution in [-0.4, -0.2) is 23.4 Å². The Morgan fingerprint density at radius 2 is 1.14 bits per heavy atom. The fourth-order valence-corrected chi connectivity index (χ4v) is 3.33. The van der Waals surface area contributed by atoms with Gasteiger partial charge in [0.05, 0.1) is 6.61 Å². The van der Waals surface area contributed by atoms with Crippen molar-refractivity contribution < 1.29 is 23.8 Å². The summed E-state index contributed by atoms with van der Waals surface area (Å²) in [5.74, 6) is 1.27. The number of benzene rings is 3. The largest absolute Gasteiger partial charge is 0.494 e. The summed E-state index contributed by atoms with van der Waals surface area (Å²) in [5, 5.41) is 0. The van der Waals surface area contributed by atoms with Crippen molar-refractivity contribution in [3.8, 4) is 17.2 Å². The minimum atomic E-state index is -0.437. The zero-order valence-electron chi connectivity index (χ0n) is 20.3. The molecule has 188 valence electrons. The monoisotopic (exact) mass is 497 g/mol. The number of pyridine rings is 1. The molecule has 0 aliphatic carbocycles. The Kier molecular flexibility index (Phi) is 8.69. The van der Waals surface area contributed by atoms with Gasteiger partial charge in [0.1, 0.15) is 30.5 Å². The first-order valence-electron chi connectivity index (χ1n) is 11.8. The highest BCUT2D eigenvalue weighted by Crippen LogP contribution is 2.19. The first kappa shape index (κ1) is 25.2. The number of ether oxygens (including phenoxy) is 3. The highest BCUT2D eigenvalue weighted by molar-refractivity contribution is 5.99. The molecule has 0 saturated carbocycles. The van der Waals surface area contributed by atoms with Crippen molar-refractivity contribution in [2.24, 2.45) is 0 Å². The van der Waals surface area contributed by atoms with Gasteiger partial charge >= 0.3 is 0 Å². The molecule has 4 aromatic rings. The van der Waals surface area contributed by atoms with E-state index in [-0.39, 0.29) is 0 Å². The Morgan fingerprint density at radius 1 is 0.649 bits per heavy atom. The zero-order chi connectivity index (χ0) is 25.9. The summed E-state index contributed by atoms with van der Waals surface area (Å²) in [4.78, 5) is 28.9. The molecule has 0 bridgehead atoms. The molecule has 1 aromatic heterocycles.